The Morgan fingerprint density at radius 1 is 1.30 bits per heavy atom. The van der Waals surface area contributed by atoms with Crippen molar-refractivity contribution in [1.82, 2.24) is 9.55 Å². The lowest BCUT2D eigenvalue weighted by atomic mass is 9.89. The van der Waals surface area contributed by atoms with Gasteiger partial charge in [0, 0.05) is 12.9 Å². The summed E-state index contributed by atoms with van der Waals surface area (Å²) < 4.78 is 12.0. The molecule has 0 amide bonds. The van der Waals surface area contributed by atoms with Gasteiger partial charge < -0.3 is 9.47 Å². The van der Waals surface area contributed by atoms with Crippen molar-refractivity contribution < 1.29 is 14.3 Å². The number of aromatic nitrogens is 2. The standard InChI is InChI=1S/C20H26N2O4S/c1-14(12-25-2)22-17(23)15-8-4-5-9-16(15)21-19(22)27-13-20(18(24)26-3)10-6-7-11-20/h4-5,8-9,14H,6-7,10-13H2,1-3H3/t14-/m0/s1. The van der Waals surface area contributed by atoms with Crippen molar-refractivity contribution in [3.05, 3.63) is 34.6 Å². The van der Waals surface area contributed by atoms with Gasteiger partial charge in [0.1, 0.15) is 0 Å². The Kier molecular flexibility index (Phi) is 6.22. The first-order valence-electron chi connectivity index (χ1n) is 9.24. The first-order valence-corrected chi connectivity index (χ1v) is 10.2. The van der Waals surface area contributed by atoms with E-state index in [1.807, 2.05) is 25.1 Å². The van der Waals surface area contributed by atoms with Crippen molar-refractivity contribution in [2.45, 2.75) is 43.8 Å². The maximum absolute atomic E-state index is 13.1. The van der Waals surface area contributed by atoms with Gasteiger partial charge in [-0.1, -0.05) is 36.7 Å². The molecule has 0 saturated heterocycles. The van der Waals surface area contributed by atoms with Crippen LogP contribution in [-0.2, 0) is 14.3 Å². The molecule has 0 N–H and O–H groups in total. The van der Waals surface area contributed by atoms with E-state index in [4.69, 9.17) is 14.5 Å². The van der Waals surface area contributed by atoms with E-state index in [9.17, 15) is 9.59 Å². The first kappa shape index (κ1) is 19.9. The summed E-state index contributed by atoms with van der Waals surface area (Å²) in [6, 6.07) is 7.20. The average molecular weight is 391 g/mol. The molecule has 7 heteroatoms. The number of esters is 1. The summed E-state index contributed by atoms with van der Waals surface area (Å²) in [5.74, 6) is 0.400. The molecular weight excluding hydrogens is 364 g/mol. The van der Waals surface area contributed by atoms with E-state index in [0.29, 0.717) is 28.4 Å². The molecule has 1 aliphatic carbocycles. The van der Waals surface area contributed by atoms with Crippen LogP contribution in [0, 0.1) is 5.41 Å². The second-order valence-corrected chi connectivity index (χ2v) is 8.10. The third-order valence-electron chi connectivity index (χ3n) is 5.28. The van der Waals surface area contributed by atoms with Crippen LogP contribution in [-0.4, -0.2) is 42.1 Å². The van der Waals surface area contributed by atoms with Crippen molar-refractivity contribution in [2.75, 3.05) is 26.6 Å². The van der Waals surface area contributed by atoms with Gasteiger partial charge in [-0.05, 0) is 31.9 Å². The Morgan fingerprint density at radius 2 is 2.00 bits per heavy atom. The van der Waals surface area contributed by atoms with Gasteiger partial charge in [-0.25, -0.2) is 4.98 Å². The molecule has 2 aromatic rings. The van der Waals surface area contributed by atoms with E-state index in [1.165, 1.54) is 18.9 Å². The summed E-state index contributed by atoms with van der Waals surface area (Å²) in [7, 11) is 3.06. The van der Waals surface area contributed by atoms with E-state index in [-0.39, 0.29) is 17.6 Å². The summed E-state index contributed by atoms with van der Waals surface area (Å²) >= 11 is 1.47. The van der Waals surface area contributed by atoms with E-state index < -0.39 is 5.41 Å². The molecule has 0 spiro atoms. The fourth-order valence-electron chi connectivity index (χ4n) is 3.81. The van der Waals surface area contributed by atoms with Crippen LogP contribution >= 0.6 is 11.8 Å². The van der Waals surface area contributed by atoms with Gasteiger partial charge in [0.2, 0.25) is 0 Å². The highest BCUT2D eigenvalue weighted by Gasteiger charge is 2.42. The first-order chi connectivity index (χ1) is 13.0. The molecule has 6 nitrogen and oxygen atoms in total. The lowest BCUT2D eigenvalue weighted by Crippen LogP contribution is -2.33. The molecular formula is C20H26N2O4S. The van der Waals surface area contributed by atoms with Gasteiger partial charge in [0.05, 0.1) is 36.1 Å². The second-order valence-electron chi connectivity index (χ2n) is 7.16. The number of para-hydroxylation sites is 1. The summed E-state index contributed by atoms with van der Waals surface area (Å²) in [5, 5.41) is 1.21. The molecule has 1 fully saturated rings. The molecule has 3 rings (SSSR count). The number of hydrogen-bond acceptors (Lipinski definition) is 6. The zero-order chi connectivity index (χ0) is 19.4. The summed E-state index contributed by atoms with van der Waals surface area (Å²) in [6.45, 7) is 2.35. The maximum atomic E-state index is 13.1. The van der Waals surface area contributed by atoms with Gasteiger partial charge in [0.15, 0.2) is 5.16 Å². The van der Waals surface area contributed by atoms with Crippen LogP contribution in [0.2, 0.25) is 0 Å². The average Bonchev–Trinajstić information content (AvgIpc) is 3.16. The molecule has 1 aliphatic rings. The van der Waals surface area contributed by atoms with E-state index in [0.717, 1.165) is 25.7 Å². The predicted octanol–water partition coefficient (Wildman–Crippen LogP) is 3.43. The number of ether oxygens (including phenoxy) is 2. The molecule has 1 saturated carbocycles. The number of carbonyl (C=O) groups is 1. The SMILES string of the molecule is COC[C@H](C)n1c(SCC2(C(=O)OC)CCCC2)nc2ccccc2c1=O. The molecule has 1 aromatic heterocycles. The van der Waals surface area contributed by atoms with E-state index in [2.05, 4.69) is 0 Å². The van der Waals surface area contributed by atoms with Crippen molar-refractivity contribution in [3.63, 3.8) is 0 Å². The normalized spacial score (nSPS) is 17.1. The molecule has 1 heterocycles. The fraction of sp³-hybridized carbons (Fsp3) is 0.550. The minimum absolute atomic E-state index is 0.0776. The Morgan fingerprint density at radius 3 is 2.67 bits per heavy atom. The summed E-state index contributed by atoms with van der Waals surface area (Å²) in [4.78, 5) is 30.2. The van der Waals surface area contributed by atoms with Gasteiger partial charge in [-0.3, -0.25) is 14.2 Å². The van der Waals surface area contributed by atoms with E-state index >= 15 is 0 Å². The Labute approximate surface area is 163 Å². The third-order valence-corrected chi connectivity index (χ3v) is 6.52. The molecule has 146 valence electrons. The monoisotopic (exact) mass is 390 g/mol. The number of benzene rings is 1. The minimum Gasteiger partial charge on any atom is -0.469 e. The Hall–Kier alpha value is -1.86. The van der Waals surface area contributed by atoms with Crippen LogP contribution in [0.4, 0.5) is 0 Å². The molecule has 1 aromatic carbocycles. The highest BCUT2D eigenvalue weighted by Crippen LogP contribution is 2.43. The molecule has 1 atom stereocenters. The number of carbonyl (C=O) groups excluding carboxylic acids is 1. The molecule has 27 heavy (non-hydrogen) atoms. The number of fused-ring (bicyclic) bond motifs is 1. The van der Waals surface area contributed by atoms with Crippen molar-refractivity contribution in [1.29, 1.82) is 0 Å². The quantitative estimate of drug-likeness (QED) is 0.410. The number of nitrogens with zero attached hydrogens (tertiary/aromatic N) is 2. The predicted molar refractivity (Wildman–Crippen MR) is 106 cm³/mol. The summed E-state index contributed by atoms with van der Waals surface area (Å²) in [6.07, 6.45) is 3.68. The van der Waals surface area contributed by atoms with Crippen LogP contribution in [0.1, 0.15) is 38.6 Å². The zero-order valence-corrected chi connectivity index (χ0v) is 16.9. The second kappa shape index (κ2) is 8.44. The minimum atomic E-state index is -0.488. The number of rotatable bonds is 7. The lowest BCUT2D eigenvalue weighted by molar-refractivity contribution is -0.151. The van der Waals surface area contributed by atoms with Crippen molar-refractivity contribution in [3.8, 4) is 0 Å². The number of hydrogen-bond donors (Lipinski definition) is 0. The molecule has 0 radical (unpaired) electrons. The maximum Gasteiger partial charge on any atom is 0.312 e. The largest absolute Gasteiger partial charge is 0.469 e. The van der Waals surface area contributed by atoms with Gasteiger partial charge in [-0.15, -0.1) is 0 Å². The van der Waals surface area contributed by atoms with E-state index in [1.54, 1.807) is 17.7 Å². The van der Waals surface area contributed by atoms with Crippen LogP contribution in [0.15, 0.2) is 34.2 Å². The lowest BCUT2D eigenvalue weighted by Gasteiger charge is -2.26. The zero-order valence-electron chi connectivity index (χ0n) is 16.1. The van der Waals surface area contributed by atoms with Crippen LogP contribution in [0.5, 0.6) is 0 Å². The van der Waals surface area contributed by atoms with Gasteiger partial charge >= 0.3 is 5.97 Å². The highest BCUT2D eigenvalue weighted by molar-refractivity contribution is 7.99. The van der Waals surface area contributed by atoms with Crippen LogP contribution in [0.3, 0.4) is 0 Å². The topological polar surface area (TPSA) is 70.4 Å². The number of methoxy groups -OCH3 is 2. The Bertz CT molecular complexity index is 874. The molecule has 0 bridgehead atoms. The van der Waals surface area contributed by atoms with Gasteiger partial charge in [0.25, 0.3) is 5.56 Å². The number of thioether (sulfide) groups is 1. The molecule has 0 unspecified atom stereocenters. The van der Waals surface area contributed by atoms with Crippen LogP contribution in [0.25, 0.3) is 10.9 Å². The fourth-order valence-corrected chi connectivity index (χ4v) is 5.19. The van der Waals surface area contributed by atoms with Crippen molar-refractivity contribution >= 4 is 28.6 Å². The Balaban J connectivity index is 2.00. The van der Waals surface area contributed by atoms with Crippen molar-refractivity contribution in [2.24, 2.45) is 5.41 Å². The highest BCUT2D eigenvalue weighted by atomic mass is 32.2. The molecule has 0 aliphatic heterocycles. The van der Waals surface area contributed by atoms with Crippen LogP contribution < -0.4 is 5.56 Å². The summed E-state index contributed by atoms with van der Waals surface area (Å²) in [5.41, 5.74) is 0.105. The third kappa shape index (κ3) is 3.89. The van der Waals surface area contributed by atoms with Gasteiger partial charge in [-0.2, -0.15) is 0 Å². The smallest absolute Gasteiger partial charge is 0.312 e.